The predicted octanol–water partition coefficient (Wildman–Crippen LogP) is 1.49. The van der Waals surface area contributed by atoms with Gasteiger partial charge in [-0.3, -0.25) is 18.7 Å². The molecule has 0 amide bonds. The van der Waals surface area contributed by atoms with Gasteiger partial charge in [-0.05, 0) is 30.5 Å². The molecule has 3 aliphatic rings. The fraction of sp³-hybridized carbons (Fsp3) is 0.435. The Labute approximate surface area is 179 Å². The van der Waals surface area contributed by atoms with Crippen LogP contribution in [-0.2, 0) is 23.6 Å². The number of nitrogens with zero attached hydrogens (tertiary/aromatic N) is 3. The number of carbonyl (C=O) groups excluding carboxylic acids is 1. The van der Waals surface area contributed by atoms with E-state index in [-0.39, 0.29) is 17.0 Å². The SMILES string of the molecule is Cn1c2c(c(=O)n(C)c1=O)[C@@H](c1ccc(N3CCOCC3)cc1)C1=C(CCCC1=O)N2. The topological polar surface area (TPSA) is 85.6 Å². The summed E-state index contributed by atoms with van der Waals surface area (Å²) in [6, 6.07) is 8.09. The van der Waals surface area contributed by atoms with Crippen LogP contribution in [0.25, 0.3) is 0 Å². The van der Waals surface area contributed by atoms with Crippen LogP contribution in [-0.4, -0.2) is 41.2 Å². The van der Waals surface area contributed by atoms with Crippen LogP contribution in [0.3, 0.4) is 0 Å². The molecule has 1 N–H and O–H groups in total. The summed E-state index contributed by atoms with van der Waals surface area (Å²) in [7, 11) is 3.14. The molecule has 0 spiro atoms. The van der Waals surface area contributed by atoms with Gasteiger partial charge in [0.05, 0.1) is 18.8 Å². The maximum atomic E-state index is 13.2. The molecule has 0 saturated carbocycles. The summed E-state index contributed by atoms with van der Waals surface area (Å²) in [5.41, 5.74) is 3.18. The fourth-order valence-corrected chi connectivity index (χ4v) is 4.93. The van der Waals surface area contributed by atoms with Crippen LogP contribution in [0.15, 0.2) is 45.1 Å². The number of rotatable bonds is 2. The summed E-state index contributed by atoms with van der Waals surface area (Å²) in [5.74, 6) is 0.0738. The van der Waals surface area contributed by atoms with Gasteiger partial charge in [0.25, 0.3) is 5.56 Å². The summed E-state index contributed by atoms with van der Waals surface area (Å²) < 4.78 is 8.02. The number of hydrogen-bond donors (Lipinski definition) is 1. The summed E-state index contributed by atoms with van der Waals surface area (Å²) in [5, 5.41) is 3.26. The van der Waals surface area contributed by atoms with Gasteiger partial charge in [-0.1, -0.05) is 12.1 Å². The quantitative estimate of drug-likeness (QED) is 0.789. The first-order valence-corrected chi connectivity index (χ1v) is 10.7. The van der Waals surface area contributed by atoms with Gasteiger partial charge in [0.2, 0.25) is 0 Å². The van der Waals surface area contributed by atoms with E-state index in [1.54, 1.807) is 7.05 Å². The largest absolute Gasteiger partial charge is 0.378 e. The third kappa shape index (κ3) is 3.13. The molecule has 8 nitrogen and oxygen atoms in total. The Morgan fingerprint density at radius 1 is 0.968 bits per heavy atom. The number of anilines is 2. The number of carbonyl (C=O) groups is 1. The lowest BCUT2D eigenvalue weighted by molar-refractivity contribution is -0.116. The van der Waals surface area contributed by atoms with Gasteiger partial charge >= 0.3 is 5.69 Å². The molecule has 1 aliphatic carbocycles. The molecule has 0 radical (unpaired) electrons. The van der Waals surface area contributed by atoms with Gasteiger partial charge in [0.15, 0.2) is 5.78 Å². The average Bonchev–Trinajstić information content (AvgIpc) is 2.81. The molecule has 162 valence electrons. The molecule has 2 aliphatic heterocycles. The second kappa shape index (κ2) is 7.53. The number of nitrogens with one attached hydrogen (secondary N) is 1. The molecule has 0 bridgehead atoms. The zero-order valence-electron chi connectivity index (χ0n) is 17.8. The lowest BCUT2D eigenvalue weighted by Gasteiger charge is -2.34. The lowest BCUT2D eigenvalue weighted by Crippen LogP contribution is -2.44. The minimum atomic E-state index is -0.483. The van der Waals surface area contributed by atoms with Crippen LogP contribution in [0, 0.1) is 0 Å². The third-order valence-electron chi connectivity index (χ3n) is 6.60. The highest BCUT2D eigenvalue weighted by atomic mass is 16.5. The number of ether oxygens (including phenoxy) is 1. The Morgan fingerprint density at radius 3 is 2.39 bits per heavy atom. The van der Waals surface area contributed by atoms with Gasteiger partial charge in [-0.2, -0.15) is 0 Å². The second-order valence-corrected chi connectivity index (χ2v) is 8.39. The zero-order chi connectivity index (χ0) is 21.7. The van der Waals surface area contributed by atoms with Crippen molar-refractivity contribution >= 4 is 17.3 Å². The summed E-state index contributed by atoms with van der Waals surface area (Å²) in [6.45, 7) is 3.09. The molecule has 1 saturated heterocycles. The maximum Gasteiger partial charge on any atom is 0.332 e. The van der Waals surface area contributed by atoms with E-state index in [4.69, 9.17) is 4.74 Å². The van der Waals surface area contributed by atoms with E-state index >= 15 is 0 Å². The highest BCUT2D eigenvalue weighted by Gasteiger charge is 2.38. The van der Waals surface area contributed by atoms with Gasteiger partial charge < -0.3 is 15.0 Å². The van der Waals surface area contributed by atoms with E-state index in [2.05, 4.69) is 10.2 Å². The van der Waals surface area contributed by atoms with Crippen molar-refractivity contribution in [3.05, 3.63) is 67.5 Å². The van der Waals surface area contributed by atoms with Gasteiger partial charge in [0, 0.05) is 56.5 Å². The normalized spacial score (nSPS) is 20.9. The number of hydrogen-bond acceptors (Lipinski definition) is 6. The highest BCUT2D eigenvalue weighted by molar-refractivity contribution is 6.00. The summed E-state index contributed by atoms with van der Waals surface area (Å²) >= 11 is 0. The number of Topliss-reactive ketones (excluding diaryl/α,β-unsaturated/α-hetero) is 1. The van der Waals surface area contributed by atoms with Gasteiger partial charge in [-0.15, -0.1) is 0 Å². The third-order valence-corrected chi connectivity index (χ3v) is 6.60. The van der Waals surface area contributed by atoms with Gasteiger partial charge in [-0.25, -0.2) is 4.79 Å². The van der Waals surface area contributed by atoms with Gasteiger partial charge in [0.1, 0.15) is 5.82 Å². The molecule has 3 heterocycles. The Morgan fingerprint density at radius 2 is 1.68 bits per heavy atom. The van der Waals surface area contributed by atoms with Crippen LogP contribution in [0.4, 0.5) is 11.5 Å². The molecule has 31 heavy (non-hydrogen) atoms. The van der Waals surface area contributed by atoms with E-state index in [1.165, 1.54) is 11.6 Å². The maximum absolute atomic E-state index is 13.2. The average molecular weight is 422 g/mol. The van der Waals surface area contributed by atoms with E-state index < -0.39 is 5.92 Å². The second-order valence-electron chi connectivity index (χ2n) is 8.39. The number of aromatic nitrogens is 2. The molecular formula is C23H26N4O4. The monoisotopic (exact) mass is 422 g/mol. The molecule has 8 heteroatoms. The Hall–Kier alpha value is -3.13. The van der Waals surface area contributed by atoms with Crippen molar-refractivity contribution in [1.82, 2.24) is 9.13 Å². The Kier molecular flexibility index (Phi) is 4.81. The molecule has 2 aromatic rings. The van der Waals surface area contributed by atoms with Crippen molar-refractivity contribution in [3.8, 4) is 0 Å². The standard InChI is InChI=1S/C23H26N4O4/c1-25-21-20(22(29)26(2)23(25)30)18(19-16(24-21)4-3-5-17(19)28)14-6-8-15(9-7-14)27-10-12-31-13-11-27/h6-9,18,24H,3-5,10-13H2,1-2H3/t18-/m0/s1. The number of allylic oxidation sites excluding steroid dienone is 2. The van der Waals surface area contributed by atoms with Crippen LogP contribution in [0.1, 0.15) is 36.3 Å². The summed E-state index contributed by atoms with van der Waals surface area (Å²) in [4.78, 5) is 41.0. The van der Waals surface area contributed by atoms with E-state index in [9.17, 15) is 14.4 Å². The zero-order valence-corrected chi connectivity index (χ0v) is 17.8. The van der Waals surface area contributed by atoms with Crippen molar-refractivity contribution in [2.45, 2.75) is 25.2 Å². The molecule has 0 unspecified atom stereocenters. The Bertz CT molecular complexity index is 1200. The number of ketones is 1. The Balaban J connectivity index is 1.67. The van der Waals surface area contributed by atoms with Crippen molar-refractivity contribution in [3.63, 3.8) is 0 Å². The molecule has 1 aromatic heterocycles. The molecule has 1 atom stereocenters. The minimum absolute atomic E-state index is 0.0672. The first kappa shape index (κ1) is 19.8. The summed E-state index contributed by atoms with van der Waals surface area (Å²) in [6.07, 6.45) is 1.97. The van der Waals surface area contributed by atoms with Crippen molar-refractivity contribution < 1.29 is 9.53 Å². The van der Waals surface area contributed by atoms with Crippen molar-refractivity contribution in [1.29, 1.82) is 0 Å². The first-order chi connectivity index (χ1) is 15.0. The predicted molar refractivity (Wildman–Crippen MR) is 118 cm³/mol. The van der Waals surface area contributed by atoms with Crippen molar-refractivity contribution in [2.75, 3.05) is 36.5 Å². The molecule has 5 rings (SSSR count). The smallest absolute Gasteiger partial charge is 0.332 e. The molecule has 1 aromatic carbocycles. The number of morpholine rings is 1. The van der Waals surface area contributed by atoms with E-state index in [0.29, 0.717) is 36.6 Å². The molecule has 1 fully saturated rings. The van der Waals surface area contributed by atoms with Crippen molar-refractivity contribution in [2.24, 2.45) is 14.1 Å². The number of benzene rings is 1. The van der Waals surface area contributed by atoms with E-state index in [0.717, 1.165) is 47.4 Å². The minimum Gasteiger partial charge on any atom is -0.378 e. The van der Waals surface area contributed by atoms with Crippen LogP contribution >= 0.6 is 0 Å². The van der Waals surface area contributed by atoms with E-state index in [1.807, 2.05) is 24.3 Å². The fourth-order valence-electron chi connectivity index (χ4n) is 4.93. The van der Waals surface area contributed by atoms with Crippen LogP contribution < -0.4 is 21.5 Å². The van der Waals surface area contributed by atoms with Crippen LogP contribution in [0.2, 0.25) is 0 Å². The lowest BCUT2D eigenvalue weighted by atomic mass is 9.76. The number of fused-ring (bicyclic) bond motifs is 1. The highest BCUT2D eigenvalue weighted by Crippen LogP contribution is 2.43. The first-order valence-electron chi connectivity index (χ1n) is 10.7. The molecular weight excluding hydrogens is 396 g/mol. The van der Waals surface area contributed by atoms with Crippen LogP contribution in [0.5, 0.6) is 0 Å².